The molecule has 0 aliphatic carbocycles. The first-order chi connectivity index (χ1) is 11.3. The van der Waals surface area contributed by atoms with Crippen molar-refractivity contribution in [3.63, 3.8) is 0 Å². The Hall–Kier alpha value is -2.17. The van der Waals surface area contributed by atoms with Crippen molar-refractivity contribution in [1.29, 1.82) is 0 Å². The van der Waals surface area contributed by atoms with Crippen LogP contribution in [0, 0.1) is 0 Å². The van der Waals surface area contributed by atoms with Gasteiger partial charge in [-0.15, -0.1) is 0 Å². The van der Waals surface area contributed by atoms with Crippen molar-refractivity contribution in [2.24, 2.45) is 0 Å². The normalized spacial score (nSPS) is 15.6. The van der Waals surface area contributed by atoms with Crippen LogP contribution in [-0.4, -0.2) is 60.1 Å². The number of β-amino-alcohol motifs (C(OH)–C–C–N with tert-alkyl or cyclic N) is 1. The Morgan fingerprint density at radius 1 is 0.870 bits per heavy atom. The van der Waals surface area contributed by atoms with Gasteiger partial charge in [0.25, 0.3) is 5.91 Å². The van der Waals surface area contributed by atoms with Crippen LogP contribution in [0.4, 0.5) is 0 Å². The molecule has 1 amide bonds. The first-order valence-electron chi connectivity index (χ1n) is 8.06. The Labute approximate surface area is 137 Å². The fraction of sp³-hybridized carbons (Fsp3) is 0.316. The smallest absolute Gasteiger partial charge is 0.253 e. The Morgan fingerprint density at radius 2 is 1.48 bits per heavy atom. The van der Waals surface area contributed by atoms with E-state index in [0.29, 0.717) is 6.54 Å². The van der Waals surface area contributed by atoms with Crippen molar-refractivity contribution in [3.05, 3.63) is 60.2 Å². The minimum Gasteiger partial charge on any atom is -0.395 e. The molecule has 1 aliphatic heterocycles. The Morgan fingerprint density at radius 3 is 2.09 bits per heavy atom. The third kappa shape index (κ3) is 3.78. The molecule has 1 saturated heterocycles. The highest BCUT2D eigenvalue weighted by Gasteiger charge is 2.21. The summed E-state index contributed by atoms with van der Waals surface area (Å²) in [6, 6.07) is 18.0. The SMILES string of the molecule is O=C(c1ccc(-c2ccccc2)cc1)N1CCN(CCO)CC1. The predicted molar refractivity (Wildman–Crippen MR) is 91.3 cm³/mol. The van der Waals surface area contributed by atoms with E-state index in [1.165, 1.54) is 0 Å². The Bertz CT molecular complexity index is 632. The molecule has 1 heterocycles. The first-order valence-corrected chi connectivity index (χ1v) is 8.06. The number of aliphatic hydroxyl groups excluding tert-OH is 1. The number of amides is 1. The zero-order chi connectivity index (χ0) is 16.1. The lowest BCUT2D eigenvalue weighted by molar-refractivity contribution is 0.0615. The van der Waals surface area contributed by atoms with E-state index in [2.05, 4.69) is 17.0 Å². The third-order valence-electron chi connectivity index (χ3n) is 4.31. The second kappa shape index (κ2) is 7.40. The zero-order valence-electron chi connectivity index (χ0n) is 13.2. The molecule has 0 unspecified atom stereocenters. The molecule has 0 aromatic heterocycles. The van der Waals surface area contributed by atoms with Crippen LogP contribution < -0.4 is 0 Å². The topological polar surface area (TPSA) is 43.8 Å². The summed E-state index contributed by atoms with van der Waals surface area (Å²) in [6.07, 6.45) is 0. The van der Waals surface area contributed by atoms with E-state index in [0.717, 1.165) is 42.9 Å². The zero-order valence-corrected chi connectivity index (χ0v) is 13.2. The van der Waals surface area contributed by atoms with E-state index in [9.17, 15) is 4.79 Å². The molecule has 1 fully saturated rings. The summed E-state index contributed by atoms with van der Waals surface area (Å²) < 4.78 is 0. The molecular formula is C19H22N2O2. The maximum Gasteiger partial charge on any atom is 0.253 e. The van der Waals surface area contributed by atoms with Crippen LogP contribution in [0.1, 0.15) is 10.4 Å². The fourth-order valence-corrected chi connectivity index (χ4v) is 2.93. The molecule has 3 rings (SSSR count). The van der Waals surface area contributed by atoms with Crippen molar-refractivity contribution in [3.8, 4) is 11.1 Å². The number of carbonyl (C=O) groups is 1. The second-order valence-electron chi connectivity index (χ2n) is 5.80. The molecule has 1 N–H and O–H groups in total. The molecule has 0 atom stereocenters. The van der Waals surface area contributed by atoms with E-state index < -0.39 is 0 Å². The van der Waals surface area contributed by atoms with Gasteiger partial charge in [-0.1, -0.05) is 42.5 Å². The lowest BCUT2D eigenvalue weighted by Crippen LogP contribution is -2.49. The number of nitrogens with zero attached hydrogens (tertiary/aromatic N) is 2. The van der Waals surface area contributed by atoms with Crippen LogP contribution in [-0.2, 0) is 0 Å². The molecule has 2 aromatic rings. The number of benzene rings is 2. The van der Waals surface area contributed by atoms with Crippen molar-refractivity contribution >= 4 is 5.91 Å². The molecule has 0 radical (unpaired) electrons. The van der Waals surface area contributed by atoms with Crippen molar-refractivity contribution in [2.75, 3.05) is 39.3 Å². The van der Waals surface area contributed by atoms with E-state index >= 15 is 0 Å². The highest BCUT2D eigenvalue weighted by atomic mass is 16.3. The standard InChI is InChI=1S/C19H22N2O2/c22-15-14-20-10-12-21(13-11-20)19(23)18-8-6-17(7-9-18)16-4-2-1-3-5-16/h1-9,22H,10-15H2. The summed E-state index contributed by atoms with van der Waals surface area (Å²) in [5.74, 6) is 0.0910. The minimum atomic E-state index is 0.0910. The van der Waals surface area contributed by atoms with Crippen LogP contribution in [0.2, 0.25) is 0 Å². The van der Waals surface area contributed by atoms with Gasteiger partial charge in [-0.05, 0) is 23.3 Å². The highest BCUT2D eigenvalue weighted by Crippen LogP contribution is 2.20. The van der Waals surface area contributed by atoms with Crippen LogP contribution in [0.15, 0.2) is 54.6 Å². The molecular weight excluding hydrogens is 288 g/mol. The van der Waals surface area contributed by atoms with E-state index in [1.54, 1.807) is 0 Å². The first kappa shape index (κ1) is 15.7. The molecule has 0 saturated carbocycles. The Kier molecular flexibility index (Phi) is 5.05. The fourth-order valence-electron chi connectivity index (χ4n) is 2.93. The molecule has 0 spiro atoms. The minimum absolute atomic E-state index is 0.0910. The average Bonchev–Trinajstić information content (AvgIpc) is 2.63. The van der Waals surface area contributed by atoms with Gasteiger partial charge >= 0.3 is 0 Å². The van der Waals surface area contributed by atoms with Gasteiger partial charge < -0.3 is 10.0 Å². The highest BCUT2D eigenvalue weighted by molar-refractivity contribution is 5.94. The van der Waals surface area contributed by atoms with Crippen LogP contribution in [0.5, 0.6) is 0 Å². The average molecular weight is 310 g/mol. The number of hydrogen-bond donors (Lipinski definition) is 1. The van der Waals surface area contributed by atoms with Gasteiger partial charge in [0.15, 0.2) is 0 Å². The molecule has 120 valence electrons. The number of piperazine rings is 1. The maximum atomic E-state index is 12.6. The second-order valence-corrected chi connectivity index (χ2v) is 5.80. The van der Waals surface area contributed by atoms with Crippen LogP contribution in [0.3, 0.4) is 0 Å². The summed E-state index contributed by atoms with van der Waals surface area (Å²) in [7, 11) is 0. The van der Waals surface area contributed by atoms with Crippen molar-refractivity contribution in [1.82, 2.24) is 9.80 Å². The molecule has 1 aliphatic rings. The summed E-state index contributed by atoms with van der Waals surface area (Å²) >= 11 is 0. The predicted octanol–water partition coefficient (Wildman–Crippen LogP) is 2.10. The molecule has 4 heteroatoms. The van der Waals surface area contributed by atoms with Gasteiger partial charge in [0, 0.05) is 38.3 Å². The van der Waals surface area contributed by atoms with Gasteiger partial charge in [-0.3, -0.25) is 9.69 Å². The molecule has 0 bridgehead atoms. The van der Waals surface area contributed by atoms with Gasteiger partial charge in [-0.2, -0.15) is 0 Å². The lowest BCUT2D eigenvalue weighted by Gasteiger charge is -2.34. The van der Waals surface area contributed by atoms with Crippen LogP contribution >= 0.6 is 0 Å². The van der Waals surface area contributed by atoms with Gasteiger partial charge in [0.1, 0.15) is 0 Å². The molecule has 2 aromatic carbocycles. The molecule has 23 heavy (non-hydrogen) atoms. The number of carbonyl (C=O) groups excluding carboxylic acids is 1. The lowest BCUT2D eigenvalue weighted by atomic mass is 10.0. The Balaban J connectivity index is 1.64. The maximum absolute atomic E-state index is 12.6. The molecule has 4 nitrogen and oxygen atoms in total. The van der Waals surface area contributed by atoms with E-state index in [-0.39, 0.29) is 12.5 Å². The van der Waals surface area contributed by atoms with E-state index in [1.807, 2.05) is 47.4 Å². The summed E-state index contributed by atoms with van der Waals surface area (Å²) in [5, 5.41) is 8.97. The van der Waals surface area contributed by atoms with Crippen molar-refractivity contribution in [2.45, 2.75) is 0 Å². The summed E-state index contributed by atoms with van der Waals surface area (Å²) in [4.78, 5) is 16.6. The number of aliphatic hydroxyl groups is 1. The summed E-state index contributed by atoms with van der Waals surface area (Å²) in [6.45, 7) is 3.96. The van der Waals surface area contributed by atoms with Gasteiger partial charge in [-0.25, -0.2) is 0 Å². The van der Waals surface area contributed by atoms with E-state index in [4.69, 9.17) is 5.11 Å². The number of rotatable bonds is 4. The quantitative estimate of drug-likeness (QED) is 0.940. The van der Waals surface area contributed by atoms with Gasteiger partial charge in [0.05, 0.1) is 6.61 Å². The number of hydrogen-bond acceptors (Lipinski definition) is 3. The van der Waals surface area contributed by atoms with Crippen molar-refractivity contribution < 1.29 is 9.90 Å². The largest absolute Gasteiger partial charge is 0.395 e. The summed E-state index contributed by atoms with van der Waals surface area (Å²) in [5.41, 5.74) is 3.01. The third-order valence-corrected chi connectivity index (χ3v) is 4.31. The van der Waals surface area contributed by atoms with Gasteiger partial charge in [0.2, 0.25) is 0 Å². The van der Waals surface area contributed by atoms with Crippen LogP contribution in [0.25, 0.3) is 11.1 Å². The monoisotopic (exact) mass is 310 g/mol.